The number of furan rings is 1. The van der Waals surface area contributed by atoms with Crippen LogP contribution >= 0.6 is 11.3 Å². The predicted molar refractivity (Wildman–Crippen MR) is 417 cm³/mol. The highest BCUT2D eigenvalue weighted by Gasteiger charge is 2.22. The number of rotatable bonds is 10. The number of para-hydroxylation sites is 5. The Bertz CT molecular complexity index is 6420. The summed E-state index contributed by atoms with van der Waals surface area (Å²) in [5, 5.41) is 14.9. The summed E-state index contributed by atoms with van der Waals surface area (Å²) in [5.74, 6) is 0. The van der Waals surface area contributed by atoms with Crippen LogP contribution in [-0.4, -0.2) is 9.13 Å². The number of nitrogens with zero attached hydrogens (tertiary/aromatic N) is 4. The zero-order chi connectivity index (χ0) is 64.6. The highest BCUT2D eigenvalue weighted by atomic mass is 32.1. The van der Waals surface area contributed by atoms with E-state index in [-0.39, 0.29) is 0 Å². The lowest BCUT2D eigenvalue weighted by atomic mass is 10.0. The van der Waals surface area contributed by atoms with Crippen molar-refractivity contribution < 1.29 is 4.42 Å². The first-order chi connectivity index (χ1) is 48.6. The number of hydrogen-bond acceptors (Lipinski definition) is 4. The number of thiophene rings is 1. The molecule has 4 heterocycles. The lowest BCUT2D eigenvalue weighted by molar-refractivity contribution is 0.673. The summed E-state index contributed by atoms with van der Waals surface area (Å²) in [7, 11) is 0. The first-order valence-electron chi connectivity index (χ1n) is 33.4. The Kier molecular flexibility index (Phi) is 13.7. The number of hydrogen-bond donors (Lipinski definition) is 0. The van der Waals surface area contributed by atoms with Gasteiger partial charge in [0, 0.05) is 92.6 Å². The zero-order valence-electron chi connectivity index (χ0n) is 53.2. The molecule has 0 radical (unpaired) electrons. The molecule has 0 bridgehead atoms. The van der Waals surface area contributed by atoms with Crippen LogP contribution in [0.4, 0.5) is 34.1 Å². The van der Waals surface area contributed by atoms with Crippen LogP contribution in [0.1, 0.15) is 0 Å². The van der Waals surface area contributed by atoms with Crippen LogP contribution in [0.3, 0.4) is 0 Å². The van der Waals surface area contributed by atoms with Gasteiger partial charge in [-0.2, -0.15) is 0 Å². The van der Waals surface area contributed by atoms with Crippen molar-refractivity contribution >= 4 is 153 Å². The Morgan fingerprint density at radius 1 is 0.245 bits per heavy atom. The number of fused-ring (bicyclic) bond motifs is 16. The second-order valence-electron chi connectivity index (χ2n) is 25.2. The quantitative estimate of drug-likeness (QED) is 0.137. The summed E-state index contributed by atoms with van der Waals surface area (Å²) in [6.07, 6.45) is 0. The van der Waals surface area contributed by atoms with Crippen molar-refractivity contribution in [2.75, 3.05) is 9.80 Å². The molecule has 460 valence electrons. The third kappa shape index (κ3) is 9.68. The molecule has 6 heteroatoms. The van der Waals surface area contributed by atoms with Crippen molar-refractivity contribution in [1.82, 2.24) is 9.13 Å². The molecule has 4 aromatic heterocycles. The first kappa shape index (κ1) is 56.8. The van der Waals surface area contributed by atoms with E-state index in [0.717, 1.165) is 83.9 Å². The number of aromatic nitrogens is 2. The normalized spacial score (nSPS) is 11.7. The van der Waals surface area contributed by atoms with Crippen LogP contribution in [0.15, 0.2) is 368 Å². The Morgan fingerprint density at radius 3 is 1.30 bits per heavy atom. The predicted octanol–water partition coefficient (Wildman–Crippen LogP) is 26.4. The molecule has 0 aliphatic rings. The third-order valence-corrected chi connectivity index (χ3v) is 20.7. The summed E-state index contributed by atoms with van der Waals surface area (Å²) in [6.45, 7) is 0. The summed E-state index contributed by atoms with van der Waals surface area (Å²) in [6, 6.07) is 131. The average molecular weight is 1270 g/mol. The molecular formula is C92H60N4OS. The maximum absolute atomic E-state index is 6.54. The fourth-order valence-electron chi connectivity index (χ4n) is 14.9. The molecule has 20 aromatic rings. The van der Waals surface area contributed by atoms with E-state index in [1.165, 1.54) is 91.2 Å². The minimum atomic E-state index is 0.911. The molecule has 5 nitrogen and oxygen atoms in total. The highest BCUT2D eigenvalue weighted by molar-refractivity contribution is 7.26. The van der Waals surface area contributed by atoms with Gasteiger partial charge in [0.15, 0.2) is 0 Å². The highest BCUT2D eigenvalue weighted by Crippen LogP contribution is 2.46. The Labute approximate surface area is 570 Å². The molecule has 20 rings (SSSR count). The van der Waals surface area contributed by atoms with Gasteiger partial charge in [0.1, 0.15) is 11.2 Å². The largest absolute Gasteiger partial charge is 0.455 e. The SMILES string of the molecule is c1ccc(N(c2ccc(-c3ccc4ccccc4c3)cc2)c2ccc(-n3c4ccccc4c4c5sc6ccccc6c5ccc43)cc2)cc1.c1ccc(N(c2ccc(-c3ccc4ccccc4c3)cc2)c2cccc(-n3c4ccccc4c4c5oc6ccccc6c5ccc43)c2)cc1. The summed E-state index contributed by atoms with van der Waals surface area (Å²) in [5.41, 5.74) is 20.3. The summed E-state index contributed by atoms with van der Waals surface area (Å²) in [4.78, 5) is 4.67. The smallest absolute Gasteiger partial charge is 0.145 e. The fourth-order valence-corrected chi connectivity index (χ4v) is 16.2. The molecule has 0 aliphatic carbocycles. The molecule has 0 N–H and O–H groups in total. The Balaban J connectivity index is 0.000000137. The van der Waals surface area contributed by atoms with E-state index < -0.39 is 0 Å². The van der Waals surface area contributed by atoms with Crippen molar-refractivity contribution in [1.29, 1.82) is 0 Å². The van der Waals surface area contributed by atoms with Crippen LogP contribution < -0.4 is 9.80 Å². The number of anilines is 6. The van der Waals surface area contributed by atoms with Gasteiger partial charge < -0.3 is 23.4 Å². The van der Waals surface area contributed by atoms with Crippen LogP contribution in [-0.2, 0) is 0 Å². The van der Waals surface area contributed by atoms with Gasteiger partial charge in [-0.1, -0.05) is 218 Å². The Hall–Kier alpha value is -12.7. The van der Waals surface area contributed by atoms with Crippen LogP contribution in [0.2, 0.25) is 0 Å². The van der Waals surface area contributed by atoms with Crippen molar-refractivity contribution in [3.8, 4) is 33.6 Å². The second-order valence-corrected chi connectivity index (χ2v) is 26.2. The van der Waals surface area contributed by atoms with E-state index in [2.05, 4.69) is 377 Å². The van der Waals surface area contributed by atoms with E-state index in [9.17, 15) is 0 Å². The van der Waals surface area contributed by atoms with E-state index in [1.54, 1.807) is 0 Å². The molecule has 98 heavy (non-hydrogen) atoms. The van der Waals surface area contributed by atoms with Gasteiger partial charge >= 0.3 is 0 Å². The van der Waals surface area contributed by atoms with Crippen LogP contribution in [0.5, 0.6) is 0 Å². The van der Waals surface area contributed by atoms with Gasteiger partial charge in [-0.3, -0.25) is 0 Å². The molecule has 0 atom stereocenters. The molecule has 0 saturated heterocycles. The monoisotopic (exact) mass is 1270 g/mol. The number of benzene rings is 16. The molecule has 16 aromatic carbocycles. The maximum atomic E-state index is 6.54. The van der Waals surface area contributed by atoms with Gasteiger partial charge in [0.2, 0.25) is 0 Å². The topological polar surface area (TPSA) is 29.5 Å². The van der Waals surface area contributed by atoms with Gasteiger partial charge in [-0.05, 0) is 189 Å². The molecule has 0 spiro atoms. The van der Waals surface area contributed by atoms with E-state index in [4.69, 9.17) is 4.42 Å². The van der Waals surface area contributed by atoms with Crippen molar-refractivity contribution in [3.63, 3.8) is 0 Å². The minimum Gasteiger partial charge on any atom is -0.455 e. The summed E-state index contributed by atoms with van der Waals surface area (Å²) >= 11 is 1.90. The van der Waals surface area contributed by atoms with E-state index in [0.29, 0.717) is 0 Å². The molecule has 0 aliphatic heterocycles. The lowest BCUT2D eigenvalue weighted by Crippen LogP contribution is -2.10. The molecule has 0 amide bonds. The average Bonchev–Trinajstić information content (AvgIpc) is 1.57. The summed E-state index contributed by atoms with van der Waals surface area (Å²) < 4.78 is 14.0. The van der Waals surface area contributed by atoms with Crippen molar-refractivity contribution in [3.05, 3.63) is 364 Å². The van der Waals surface area contributed by atoms with Gasteiger partial charge in [0.05, 0.1) is 27.5 Å². The lowest BCUT2D eigenvalue weighted by Gasteiger charge is -2.26. The first-order valence-corrected chi connectivity index (χ1v) is 34.2. The standard InChI is InChI=1S/C46H30N2O.C46H30N2S/c1-2-13-35(14-3-1)47(36-25-23-32(24-26-36)34-22-21-31-11-4-5-12-33(31)29-34)37-15-10-16-38(30-37)48-42-19-8-6-18-41(42)45-43(48)28-27-40-39-17-7-9-20-44(39)49-46(40)45;1-2-12-35(13-3-1)47(36-22-20-32(21-23-36)34-19-18-31-10-4-5-11-33(31)30-34)37-24-26-38(27-25-37)48-42-16-8-6-15-41(42)45-43(48)29-28-40-39-14-7-9-17-44(39)49-46(40)45/h2*1-30H. The fraction of sp³-hybridized carbons (Fsp3) is 0. The van der Waals surface area contributed by atoms with Crippen LogP contribution in [0.25, 0.3) is 141 Å². The van der Waals surface area contributed by atoms with Crippen molar-refractivity contribution in [2.45, 2.75) is 0 Å². The zero-order valence-corrected chi connectivity index (χ0v) is 54.1. The van der Waals surface area contributed by atoms with Gasteiger partial charge in [-0.25, -0.2) is 0 Å². The molecule has 0 fully saturated rings. The molecule has 0 saturated carbocycles. The van der Waals surface area contributed by atoms with Crippen LogP contribution in [0, 0.1) is 0 Å². The minimum absolute atomic E-state index is 0.911. The third-order valence-electron chi connectivity index (χ3n) is 19.5. The van der Waals surface area contributed by atoms with E-state index >= 15 is 0 Å². The van der Waals surface area contributed by atoms with Crippen molar-refractivity contribution in [2.24, 2.45) is 0 Å². The van der Waals surface area contributed by atoms with Gasteiger partial charge in [0.25, 0.3) is 0 Å². The van der Waals surface area contributed by atoms with E-state index in [1.807, 2.05) is 17.4 Å². The maximum Gasteiger partial charge on any atom is 0.145 e. The Morgan fingerprint density at radius 2 is 0.684 bits per heavy atom. The molecular weight excluding hydrogens is 1210 g/mol. The second kappa shape index (κ2) is 23.6. The van der Waals surface area contributed by atoms with Gasteiger partial charge in [-0.15, -0.1) is 11.3 Å². The molecule has 0 unspecified atom stereocenters.